The molecular formula is C31H41ClN4O6. The number of amidine groups is 1. The summed E-state index contributed by atoms with van der Waals surface area (Å²) in [7, 11) is 1.55. The fourth-order valence-corrected chi connectivity index (χ4v) is 4.66. The molecule has 2 N–H and O–H groups in total. The number of esters is 1. The third-order valence-corrected chi connectivity index (χ3v) is 6.74. The minimum absolute atomic E-state index is 0.0913. The fraction of sp³-hybridized carbons (Fsp3) is 0.484. The first kappa shape index (κ1) is 32.9. The zero-order chi connectivity index (χ0) is 30.9. The third-order valence-electron chi connectivity index (χ3n) is 6.51. The summed E-state index contributed by atoms with van der Waals surface area (Å²) in [5.41, 5.74) is 3.99. The standard InChI is InChI=1S/C31H41ClN4O6/c1-7-14-41-35-27-19-36(28(37)23(18-33-27)16-22-17-24(32)12-13-26(22)40-6)30(39)34-25(8-2)20-10-9-11-21(15-20)29(38)42-31(3,4)5/h9-13,15,17,23,25H,7-8,14,16,18-19H2,1-6H3,(H,33,35)(H,34,39)/t23-,25-/m1/s1. The number of urea groups is 1. The quantitative estimate of drug-likeness (QED) is 0.210. The second-order valence-electron chi connectivity index (χ2n) is 11.1. The van der Waals surface area contributed by atoms with E-state index in [0.29, 0.717) is 35.2 Å². The highest BCUT2D eigenvalue weighted by Gasteiger charge is 2.34. The molecule has 3 amide bonds. The van der Waals surface area contributed by atoms with Gasteiger partial charge in [-0.05, 0) is 81.5 Å². The molecule has 1 aliphatic rings. The number of hydrogen-bond acceptors (Lipinski definition) is 8. The van der Waals surface area contributed by atoms with Gasteiger partial charge in [0.25, 0.3) is 0 Å². The van der Waals surface area contributed by atoms with Crippen LogP contribution in [-0.2, 0) is 20.8 Å². The van der Waals surface area contributed by atoms with Gasteiger partial charge in [-0.1, -0.05) is 37.6 Å². The molecule has 0 saturated carbocycles. The van der Waals surface area contributed by atoms with Crippen molar-refractivity contribution < 1.29 is 28.7 Å². The van der Waals surface area contributed by atoms with Gasteiger partial charge in [0.2, 0.25) is 5.91 Å². The summed E-state index contributed by atoms with van der Waals surface area (Å²) in [6, 6.07) is 11.1. The lowest BCUT2D eigenvalue weighted by Gasteiger charge is -2.27. The number of aliphatic imine (C=N–C) groups is 1. The van der Waals surface area contributed by atoms with E-state index in [4.69, 9.17) is 25.9 Å². The second-order valence-corrected chi connectivity index (χ2v) is 11.5. The van der Waals surface area contributed by atoms with Crippen LogP contribution in [0.3, 0.4) is 0 Å². The second kappa shape index (κ2) is 15.0. The van der Waals surface area contributed by atoms with Gasteiger partial charge in [0.05, 0.1) is 44.3 Å². The maximum absolute atomic E-state index is 13.8. The number of rotatable bonds is 10. The number of carbonyl (C=O) groups is 3. The van der Waals surface area contributed by atoms with Crippen LogP contribution >= 0.6 is 11.6 Å². The van der Waals surface area contributed by atoms with E-state index in [2.05, 4.69) is 15.8 Å². The maximum atomic E-state index is 13.8. The summed E-state index contributed by atoms with van der Waals surface area (Å²) in [4.78, 5) is 51.3. The molecule has 0 fully saturated rings. The van der Waals surface area contributed by atoms with Crippen LogP contribution in [0.5, 0.6) is 5.75 Å². The largest absolute Gasteiger partial charge is 0.496 e. The van der Waals surface area contributed by atoms with Crippen molar-refractivity contribution in [2.75, 3.05) is 26.8 Å². The molecular weight excluding hydrogens is 560 g/mol. The first-order valence-corrected chi connectivity index (χ1v) is 14.5. The third kappa shape index (κ3) is 9.19. The van der Waals surface area contributed by atoms with Gasteiger partial charge in [-0.15, -0.1) is 0 Å². The Bertz CT molecular complexity index is 1290. The molecule has 42 heavy (non-hydrogen) atoms. The lowest BCUT2D eigenvalue weighted by Crippen LogP contribution is -2.50. The molecule has 2 aromatic carbocycles. The number of hydroxylamine groups is 1. The lowest BCUT2D eigenvalue weighted by atomic mass is 9.97. The Kier molecular flexibility index (Phi) is 11.8. The SMILES string of the molecule is CCCONC1=NC[C@@H](Cc2cc(Cl)ccc2OC)C(=O)N(C(=O)N[C@H](CC)c2cccc(C(=O)OC(C)(C)C)c2)C1. The molecule has 0 bridgehead atoms. The average molecular weight is 601 g/mol. The number of benzene rings is 2. The van der Waals surface area contributed by atoms with Crippen LogP contribution in [0.2, 0.25) is 5.02 Å². The zero-order valence-electron chi connectivity index (χ0n) is 25.2. The number of carbonyl (C=O) groups excluding carboxylic acids is 3. The molecule has 2 atom stereocenters. The van der Waals surface area contributed by atoms with E-state index in [1.165, 1.54) is 0 Å². The summed E-state index contributed by atoms with van der Waals surface area (Å²) in [6.07, 6.45) is 1.57. The van der Waals surface area contributed by atoms with Gasteiger partial charge >= 0.3 is 12.0 Å². The average Bonchev–Trinajstić information content (AvgIpc) is 3.10. The molecule has 3 rings (SSSR count). The Hall–Kier alpha value is -3.63. The molecule has 1 aliphatic heterocycles. The van der Waals surface area contributed by atoms with Crippen molar-refractivity contribution in [1.82, 2.24) is 15.7 Å². The van der Waals surface area contributed by atoms with Crippen LogP contribution in [0.1, 0.15) is 75.0 Å². The van der Waals surface area contributed by atoms with E-state index in [1.807, 2.05) is 19.9 Å². The van der Waals surface area contributed by atoms with E-state index in [9.17, 15) is 14.4 Å². The summed E-state index contributed by atoms with van der Waals surface area (Å²) < 4.78 is 11.0. The Morgan fingerprint density at radius 1 is 1.17 bits per heavy atom. The van der Waals surface area contributed by atoms with Crippen molar-refractivity contribution >= 4 is 35.3 Å². The van der Waals surface area contributed by atoms with Gasteiger partial charge in [-0.3, -0.25) is 25.0 Å². The van der Waals surface area contributed by atoms with Crippen molar-refractivity contribution in [2.45, 2.75) is 65.5 Å². The van der Waals surface area contributed by atoms with Gasteiger partial charge in [0.15, 0.2) is 0 Å². The predicted octanol–water partition coefficient (Wildman–Crippen LogP) is 5.50. The molecule has 0 aliphatic carbocycles. The maximum Gasteiger partial charge on any atom is 0.338 e. The molecule has 228 valence electrons. The van der Waals surface area contributed by atoms with E-state index in [-0.39, 0.29) is 25.4 Å². The molecule has 0 spiro atoms. The number of halogens is 1. The highest BCUT2D eigenvalue weighted by atomic mass is 35.5. The van der Waals surface area contributed by atoms with E-state index in [1.54, 1.807) is 64.3 Å². The fourth-order valence-electron chi connectivity index (χ4n) is 4.46. The number of hydrogen-bond donors (Lipinski definition) is 2. The summed E-state index contributed by atoms with van der Waals surface area (Å²) >= 11 is 6.23. The van der Waals surface area contributed by atoms with Gasteiger partial charge in [0.1, 0.15) is 17.2 Å². The van der Waals surface area contributed by atoms with E-state index >= 15 is 0 Å². The Morgan fingerprint density at radius 3 is 2.60 bits per heavy atom. The molecule has 0 saturated heterocycles. The number of methoxy groups -OCH3 is 1. The molecule has 10 nitrogen and oxygen atoms in total. The zero-order valence-corrected chi connectivity index (χ0v) is 25.9. The van der Waals surface area contributed by atoms with Gasteiger partial charge < -0.3 is 14.8 Å². The van der Waals surface area contributed by atoms with Crippen molar-refractivity contribution in [1.29, 1.82) is 0 Å². The smallest absolute Gasteiger partial charge is 0.338 e. The van der Waals surface area contributed by atoms with Crippen molar-refractivity contribution in [3.05, 3.63) is 64.2 Å². The summed E-state index contributed by atoms with van der Waals surface area (Å²) in [5.74, 6) is -0.525. The lowest BCUT2D eigenvalue weighted by molar-refractivity contribution is -0.131. The highest BCUT2D eigenvalue weighted by molar-refractivity contribution is 6.30. The summed E-state index contributed by atoms with van der Waals surface area (Å²) in [6.45, 7) is 9.78. The van der Waals surface area contributed by atoms with Crippen LogP contribution in [0, 0.1) is 5.92 Å². The topological polar surface area (TPSA) is 119 Å². The van der Waals surface area contributed by atoms with Crippen molar-refractivity contribution in [2.24, 2.45) is 10.9 Å². The van der Waals surface area contributed by atoms with Gasteiger partial charge in [0, 0.05) is 5.02 Å². The predicted molar refractivity (Wildman–Crippen MR) is 162 cm³/mol. The van der Waals surface area contributed by atoms with E-state index in [0.717, 1.165) is 22.4 Å². The minimum Gasteiger partial charge on any atom is -0.496 e. The summed E-state index contributed by atoms with van der Waals surface area (Å²) in [5, 5.41) is 3.49. The van der Waals surface area contributed by atoms with Crippen molar-refractivity contribution in [3.63, 3.8) is 0 Å². The first-order chi connectivity index (χ1) is 19.9. The van der Waals surface area contributed by atoms with Crippen LogP contribution in [-0.4, -0.2) is 61.1 Å². The van der Waals surface area contributed by atoms with Gasteiger partial charge in [-0.25, -0.2) is 9.59 Å². The number of nitrogens with one attached hydrogen (secondary N) is 2. The number of amides is 3. The molecule has 11 heteroatoms. The first-order valence-electron chi connectivity index (χ1n) is 14.1. The molecule has 1 heterocycles. The Morgan fingerprint density at radius 2 is 1.93 bits per heavy atom. The number of imide groups is 1. The molecule has 0 radical (unpaired) electrons. The van der Waals surface area contributed by atoms with Crippen LogP contribution in [0.25, 0.3) is 0 Å². The van der Waals surface area contributed by atoms with E-state index < -0.39 is 29.6 Å². The van der Waals surface area contributed by atoms with Gasteiger partial charge in [-0.2, -0.15) is 0 Å². The Labute approximate surface area is 252 Å². The van der Waals surface area contributed by atoms with Crippen LogP contribution < -0.4 is 15.5 Å². The molecule has 0 aromatic heterocycles. The molecule has 0 unspecified atom stereocenters. The number of nitrogens with zero attached hydrogens (tertiary/aromatic N) is 2. The Balaban J connectivity index is 1.85. The monoisotopic (exact) mass is 600 g/mol. The number of ether oxygens (including phenoxy) is 2. The molecule has 2 aromatic rings. The highest BCUT2D eigenvalue weighted by Crippen LogP contribution is 2.27. The van der Waals surface area contributed by atoms with Crippen LogP contribution in [0.15, 0.2) is 47.5 Å². The van der Waals surface area contributed by atoms with Crippen LogP contribution in [0.4, 0.5) is 4.79 Å². The normalized spacial score (nSPS) is 16.3. The minimum atomic E-state index is -0.649. The van der Waals surface area contributed by atoms with Crippen molar-refractivity contribution in [3.8, 4) is 5.75 Å².